The van der Waals surface area contributed by atoms with E-state index in [0.29, 0.717) is 11.0 Å². The average molecular weight is 293 g/mol. The summed E-state index contributed by atoms with van der Waals surface area (Å²) in [5, 5.41) is 0. The number of nitrogens with zero attached hydrogens (tertiary/aromatic N) is 3. The molecule has 0 amide bonds. The van der Waals surface area contributed by atoms with Gasteiger partial charge in [-0.25, -0.2) is 0 Å². The van der Waals surface area contributed by atoms with E-state index in [2.05, 4.69) is 49.3 Å². The predicted molar refractivity (Wildman–Crippen MR) is 89.7 cm³/mol. The van der Waals surface area contributed by atoms with Gasteiger partial charge in [-0.1, -0.05) is 0 Å². The lowest BCUT2D eigenvalue weighted by molar-refractivity contribution is -0.0503. The van der Waals surface area contributed by atoms with Gasteiger partial charge in [0.25, 0.3) is 0 Å². The van der Waals surface area contributed by atoms with Crippen molar-refractivity contribution >= 4 is 0 Å². The van der Waals surface area contributed by atoms with Crippen molar-refractivity contribution in [2.45, 2.75) is 71.5 Å². The summed E-state index contributed by atoms with van der Waals surface area (Å²) in [6.45, 7) is 19.7. The average Bonchev–Trinajstić information content (AvgIpc) is 2.81. The first-order chi connectivity index (χ1) is 9.79. The highest BCUT2D eigenvalue weighted by Crippen LogP contribution is 2.42. The van der Waals surface area contributed by atoms with Crippen LogP contribution in [0.25, 0.3) is 0 Å². The molecule has 0 unspecified atom stereocenters. The zero-order valence-electron chi connectivity index (χ0n) is 14.9. The number of rotatable bonds is 2. The second-order valence-corrected chi connectivity index (χ2v) is 9.11. The maximum absolute atomic E-state index is 2.80. The number of piperidine rings is 1. The van der Waals surface area contributed by atoms with Gasteiger partial charge < -0.3 is 4.90 Å². The fraction of sp³-hybridized carbons (Fsp3) is 1.00. The number of likely N-dealkylation sites (tertiary alicyclic amines) is 3. The molecule has 0 aromatic heterocycles. The lowest BCUT2D eigenvalue weighted by atomic mass is 9.77. The monoisotopic (exact) mass is 293 g/mol. The molecule has 3 aliphatic rings. The molecule has 3 aliphatic heterocycles. The SMILES string of the molecule is CC(C)N1CCC2(C1)CN(C1CCN(C(C)(C)C)CC1)C2. The smallest absolute Gasteiger partial charge is 0.0125 e. The summed E-state index contributed by atoms with van der Waals surface area (Å²) in [4.78, 5) is 8.14. The number of hydrogen-bond donors (Lipinski definition) is 0. The van der Waals surface area contributed by atoms with Crippen LogP contribution < -0.4 is 0 Å². The van der Waals surface area contributed by atoms with Crippen LogP contribution in [0.15, 0.2) is 0 Å². The molecule has 0 atom stereocenters. The van der Waals surface area contributed by atoms with Gasteiger partial charge in [-0.2, -0.15) is 0 Å². The van der Waals surface area contributed by atoms with Crippen LogP contribution in [0.1, 0.15) is 53.9 Å². The van der Waals surface area contributed by atoms with E-state index in [4.69, 9.17) is 0 Å². The first-order valence-electron chi connectivity index (χ1n) is 9.02. The van der Waals surface area contributed by atoms with Crippen LogP contribution in [0.5, 0.6) is 0 Å². The van der Waals surface area contributed by atoms with Gasteiger partial charge in [0.2, 0.25) is 0 Å². The maximum atomic E-state index is 2.80. The maximum Gasteiger partial charge on any atom is 0.0125 e. The molecule has 0 aliphatic carbocycles. The predicted octanol–water partition coefficient (Wildman–Crippen LogP) is 2.67. The molecule has 0 saturated carbocycles. The van der Waals surface area contributed by atoms with Crippen molar-refractivity contribution in [1.29, 1.82) is 0 Å². The van der Waals surface area contributed by atoms with Crippen molar-refractivity contribution in [3.8, 4) is 0 Å². The highest BCUT2D eigenvalue weighted by Gasteiger charge is 2.49. The Morgan fingerprint density at radius 1 is 0.952 bits per heavy atom. The van der Waals surface area contributed by atoms with E-state index in [-0.39, 0.29) is 0 Å². The Morgan fingerprint density at radius 2 is 1.57 bits per heavy atom. The van der Waals surface area contributed by atoms with E-state index in [1.807, 2.05) is 0 Å². The summed E-state index contributed by atoms with van der Waals surface area (Å²) < 4.78 is 0. The minimum absolute atomic E-state index is 0.352. The molecule has 0 N–H and O–H groups in total. The molecule has 3 heteroatoms. The van der Waals surface area contributed by atoms with E-state index in [1.54, 1.807) is 0 Å². The Kier molecular flexibility index (Phi) is 4.13. The fourth-order valence-electron chi connectivity index (χ4n) is 4.64. The Balaban J connectivity index is 1.46. The molecule has 21 heavy (non-hydrogen) atoms. The Bertz CT molecular complexity index is 357. The Labute approximate surface area is 131 Å². The highest BCUT2D eigenvalue weighted by molar-refractivity contribution is 5.04. The molecule has 3 saturated heterocycles. The Hall–Kier alpha value is -0.120. The standard InChI is InChI=1S/C18H35N3/c1-15(2)19-11-8-18(12-19)13-20(14-18)16-6-9-21(10-7-16)17(3,4)5/h15-16H,6-14H2,1-5H3. The van der Waals surface area contributed by atoms with Crippen molar-refractivity contribution in [2.24, 2.45) is 5.41 Å². The van der Waals surface area contributed by atoms with Crippen molar-refractivity contribution in [3.05, 3.63) is 0 Å². The van der Waals surface area contributed by atoms with Gasteiger partial charge in [0.1, 0.15) is 0 Å². The van der Waals surface area contributed by atoms with Crippen molar-refractivity contribution in [1.82, 2.24) is 14.7 Å². The minimum Gasteiger partial charge on any atom is -0.300 e. The third-order valence-electron chi connectivity index (χ3n) is 6.20. The Morgan fingerprint density at radius 3 is 2.05 bits per heavy atom. The van der Waals surface area contributed by atoms with Crippen LogP contribution in [0.3, 0.4) is 0 Å². The van der Waals surface area contributed by atoms with Crippen LogP contribution in [0, 0.1) is 5.41 Å². The van der Waals surface area contributed by atoms with E-state index in [9.17, 15) is 0 Å². The zero-order valence-corrected chi connectivity index (χ0v) is 14.9. The van der Waals surface area contributed by atoms with Gasteiger partial charge in [-0.15, -0.1) is 0 Å². The van der Waals surface area contributed by atoms with Crippen LogP contribution in [-0.4, -0.2) is 71.6 Å². The highest BCUT2D eigenvalue weighted by atomic mass is 15.3. The lowest BCUT2D eigenvalue weighted by Crippen LogP contribution is -2.63. The topological polar surface area (TPSA) is 9.72 Å². The van der Waals surface area contributed by atoms with E-state index >= 15 is 0 Å². The quantitative estimate of drug-likeness (QED) is 0.775. The normalized spacial score (nSPS) is 29.4. The third kappa shape index (κ3) is 3.16. The summed E-state index contributed by atoms with van der Waals surface area (Å²) >= 11 is 0. The molecule has 3 heterocycles. The van der Waals surface area contributed by atoms with Gasteiger partial charge >= 0.3 is 0 Å². The van der Waals surface area contributed by atoms with Crippen LogP contribution in [0.2, 0.25) is 0 Å². The number of hydrogen-bond acceptors (Lipinski definition) is 3. The van der Waals surface area contributed by atoms with Crippen molar-refractivity contribution in [2.75, 3.05) is 39.3 Å². The second kappa shape index (κ2) is 5.50. The summed E-state index contributed by atoms with van der Waals surface area (Å²) in [6, 6.07) is 1.59. The van der Waals surface area contributed by atoms with Gasteiger partial charge in [-0.3, -0.25) is 9.80 Å². The summed E-state index contributed by atoms with van der Waals surface area (Å²) in [5.74, 6) is 0. The van der Waals surface area contributed by atoms with Crippen LogP contribution in [0.4, 0.5) is 0 Å². The molecule has 0 bridgehead atoms. The largest absolute Gasteiger partial charge is 0.300 e. The lowest BCUT2D eigenvalue weighted by Gasteiger charge is -2.54. The van der Waals surface area contributed by atoms with Crippen molar-refractivity contribution in [3.63, 3.8) is 0 Å². The molecule has 122 valence electrons. The van der Waals surface area contributed by atoms with Gasteiger partial charge in [-0.05, 0) is 60.4 Å². The van der Waals surface area contributed by atoms with Crippen molar-refractivity contribution < 1.29 is 0 Å². The second-order valence-electron chi connectivity index (χ2n) is 9.11. The van der Waals surface area contributed by atoms with E-state index < -0.39 is 0 Å². The van der Waals surface area contributed by atoms with Crippen LogP contribution in [-0.2, 0) is 0 Å². The molecule has 0 aromatic rings. The minimum atomic E-state index is 0.352. The molecule has 3 rings (SSSR count). The molecular weight excluding hydrogens is 258 g/mol. The van der Waals surface area contributed by atoms with E-state index in [1.165, 1.54) is 58.5 Å². The van der Waals surface area contributed by atoms with Crippen LogP contribution >= 0.6 is 0 Å². The third-order valence-corrected chi connectivity index (χ3v) is 6.20. The molecule has 3 nitrogen and oxygen atoms in total. The van der Waals surface area contributed by atoms with Gasteiger partial charge in [0, 0.05) is 55.8 Å². The molecule has 0 radical (unpaired) electrons. The first kappa shape index (κ1) is 15.8. The zero-order chi connectivity index (χ0) is 15.3. The molecule has 1 spiro atoms. The molecule has 3 fully saturated rings. The summed E-state index contributed by atoms with van der Waals surface area (Å²) in [7, 11) is 0. The fourth-order valence-corrected chi connectivity index (χ4v) is 4.64. The van der Waals surface area contributed by atoms with Gasteiger partial charge in [0.15, 0.2) is 0 Å². The van der Waals surface area contributed by atoms with E-state index in [0.717, 1.165) is 12.1 Å². The summed E-state index contributed by atoms with van der Waals surface area (Å²) in [5.41, 5.74) is 1.01. The molecule has 0 aromatic carbocycles. The molecular formula is C18H35N3. The van der Waals surface area contributed by atoms with Gasteiger partial charge in [0.05, 0.1) is 0 Å². The first-order valence-corrected chi connectivity index (χ1v) is 9.02. The summed E-state index contributed by atoms with van der Waals surface area (Å²) in [6.07, 6.45) is 4.19.